The SMILES string of the molecule is C#CCN(CC(=O)O)S(=O)(=O)C1CCOCC1. The van der Waals surface area contributed by atoms with Crippen LogP contribution in [-0.4, -0.2) is 55.4 Å². The van der Waals surface area contributed by atoms with Gasteiger partial charge in [0.1, 0.15) is 6.54 Å². The van der Waals surface area contributed by atoms with E-state index in [4.69, 9.17) is 16.3 Å². The first-order valence-electron chi connectivity index (χ1n) is 5.20. The Morgan fingerprint density at radius 3 is 2.53 bits per heavy atom. The van der Waals surface area contributed by atoms with E-state index in [0.29, 0.717) is 26.1 Å². The smallest absolute Gasteiger partial charge is 0.318 e. The van der Waals surface area contributed by atoms with Crippen LogP contribution in [0.15, 0.2) is 0 Å². The molecule has 0 amide bonds. The van der Waals surface area contributed by atoms with Crippen LogP contribution >= 0.6 is 0 Å². The maximum atomic E-state index is 12.1. The molecule has 1 heterocycles. The van der Waals surface area contributed by atoms with Gasteiger partial charge in [-0.2, -0.15) is 4.31 Å². The fourth-order valence-corrected chi connectivity index (χ4v) is 3.43. The highest BCUT2D eigenvalue weighted by Crippen LogP contribution is 2.19. The fourth-order valence-electron chi connectivity index (χ4n) is 1.67. The van der Waals surface area contributed by atoms with Gasteiger partial charge < -0.3 is 9.84 Å². The summed E-state index contributed by atoms with van der Waals surface area (Å²) in [5.41, 5.74) is 0. The number of sulfonamides is 1. The quantitative estimate of drug-likeness (QED) is 0.675. The number of carboxylic acids is 1. The minimum absolute atomic E-state index is 0.216. The molecule has 0 aromatic heterocycles. The summed E-state index contributed by atoms with van der Waals surface area (Å²) in [6, 6.07) is 0. The first-order chi connectivity index (χ1) is 7.98. The number of terminal acetylenes is 1. The monoisotopic (exact) mass is 261 g/mol. The summed E-state index contributed by atoms with van der Waals surface area (Å²) in [5.74, 6) is 0.958. The number of hydrogen-bond donors (Lipinski definition) is 1. The lowest BCUT2D eigenvalue weighted by Crippen LogP contribution is -2.43. The van der Waals surface area contributed by atoms with Crippen molar-refractivity contribution in [1.82, 2.24) is 4.31 Å². The first-order valence-corrected chi connectivity index (χ1v) is 6.70. The standard InChI is InChI=1S/C10H15NO5S/c1-2-5-11(8-10(12)13)17(14,15)9-3-6-16-7-4-9/h1,9H,3-8H2,(H,12,13). The Labute approximate surface area is 101 Å². The second kappa shape index (κ2) is 6.00. The normalized spacial score (nSPS) is 17.9. The van der Waals surface area contributed by atoms with Crippen LogP contribution in [0.2, 0.25) is 0 Å². The molecule has 0 atom stereocenters. The van der Waals surface area contributed by atoms with Crippen LogP contribution in [0.25, 0.3) is 0 Å². The molecule has 1 aliphatic rings. The summed E-state index contributed by atoms with van der Waals surface area (Å²) < 4.78 is 30.2. The predicted molar refractivity (Wildman–Crippen MR) is 60.8 cm³/mol. The minimum atomic E-state index is -3.65. The first kappa shape index (κ1) is 14.0. The zero-order chi connectivity index (χ0) is 12.9. The number of nitrogens with zero attached hydrogens (tertiary/aromatic N) is 1. The third-order valence-corrected chi connectivity index (χ3v) is 4.82. The van der Waals surface area contributed by atoms with Crippen molar-refractivity contribution in [2.24, 2.45) is 0 Å². The molecule has 6 nitrogen and oxygen atoms in total. The van der Waals surface area contributed by atoms with E-state index in [9.17, 15) is 13.2 Å². The molecule has 1 saturated heterocycles. The Hall–Kier alpha value is -1.10. The lowest BCUT2D eigenvalue weighted by atomic mass is 10.2. The number of rotatable bonds is 5. The van der Waals surface area contributed by atoms with E-state index in [0.717, 1.165) is 4.31 Å². The molecule has 0 aliphatic carbocycles. The van der Waals surface area contributed by atoms with Gasteiger partial charge in [-0.15, -0.1) is 6.42 Å². The average Bonchev–Trinajstić information content (AvgIpc) is 2.29. The van der Waals surface area contributed by atoms with Crippen molar-refractivity contribution in [3.63, 3.8) is 0 Å². The van der Waals surface area contributed by atoms with Gasteiger partial charge in [-0.25, -0.2) is 8.42 Å². The summed E-state index contributed by atoms with van der Waals surface area (Å²) in [5, 5.41) is 8.08. The van der Waals surface area contributed by atoms with Crippen LogP contribution in [0.4, 0.5) is 0 Å². The zero-order valence-electron chi connectivity index (χ0n) is 9.33. The van der Waals surface area contributed by atoms with Crippen LogP contribution in [0.3, 0.4) is 0 Å². The molecule has 0 spiro atoms. The van der Waals surface area contributed by atoms with Gasteiger partial charge in [-0.05, 0) is 12.8 Å². The topological polar surface area (TPSA) is 83.9 Å². The van der Waals surface area contributed by atoms with E-state index in [1.807, 2.05) is 0 Å². The minimum Gasteiger partial charge on any atom is -0.480 e. The fraction of sp³-hybridized carbons (Fsp3) is 0.700. The van der Waals surface area contributed by atoms with Gasteiger partial charge in [-0.3, -0.25) is 4.79 Å². The second-order valence-electron chi connectivity index (χ2n) is 3.72. The largest absolute Gasteiger partial charge is 0.480 e. The number of hydrogen-bond acceptors (Lipinski definition) is 4. The van der Waals surface area contributed by atoms with Crippen molar-refractivity contribution < 1.29 is 23.1 Å². The molecule has 1 rings (SSSR count). The lowest BCUT2D eigenvalue weighted by Gasteiger charge is -2.27. The Morgan fingerprint density at radius 2 is 2.06 bits per heavy atom. The van der Waals surface area contributed by atoms with Gasteiger partial charge in [0.15, 0.2) is 0 Å². The summed E-state index contributed by atoms with van der Waals surface area (Å²) in [6.07, 6.45) is 5.81. The maximum absolute atomic E-state index is 12.1. The number of ether oxygens (including phenoxy) is 1. The van der Waals surface area contributed by atoms with Gasteiger partial charge in [0, 0.05) is 13.2 Å². The lowest BCUT2D eigenvalue weighted by molar-refractivity contribution is -0.137. The second-order valence-corrected chi connectivity index (χ2v) is 5.94. The van der Waals surface area contributed by atoms with E-state index >= 15 is 0 Å². The molecule has 0 aromatic carbocycles. The zero-order valence-corrected chi connectivity index (χ0v) is 10.1. The number of carbonyl (C=O) groups is 1. The van der Waals surface area contributed by atoms with E-state index in [1.54, 1.807) is 0 Å². The van der Waals surface area contributed by atoms with E-state index < -0.39 is 27.8 Å². The molecule has 1 N–H and O–H groups in total. The number of carboxylic acid groups (broad SMARTS) is 1. The van der Waals surface area contributed by atoms with Gasteiger partial charge in [0.2, 0.25) is 10.0 Å². The van der Waals surface area contributed by atoms with Crippen molar-refractivity contribution in [3.8, 4) is 12.3 Å². The summed E-state index contributed by atoms with van der Waals surface area (Å²) >= 11 is 0. The molecule has 0 radical (unpaired) electrons. The van der Waals surface area contributed by atoms with Crippen molar-refractivity contribution in [2.75, 3.05) is 26.3 Å². The molecule has 0 unspecified atom stereocenters. The average molecular weight is 261 g/mol. The van der Waals surface area contributed by atoms with E-state index in [-0.39, 0.29) is 6.54 Å². The molecule has 0 aromatic rings. The van der Waals surface area contributed by atoms with Gasteiger partial charge >= 0.3 is 5.97 Å². The highest BCUT2D eigenvalue weighted by atomic mass is 32.2. The highest BCUT2D eigenvalue weighted by Gasteiger charge is 2.33. The van der Waals surface area contributed by atoms with Crippen LogP contribution in [0.1, 0.15) is 12.8 Å². The van der Waals surface area contributed by atoms with Crippen molar-refractivity contribution >= 4 is 16.0 Å². The van der Waals surface area contributed by atoms with Crippen LogP contribution in [0.5, 0.6) is 0 Å². The van der Waals surface area contributed by atoms with Crippen LogP contribution in [0, 0.1) is 12.3 Å². The molecule has 0 bridgehead atoms. The van der Waals surface area contributed by atoms with Gasteiger partial charge in [0.05, 0.1) is 11.8 Å². The Kier molecular flexibility index (Phi) is 4.93. The molecular weight excluding hydrogens is 246 g/mol. The summed E-state index contributed by atoms with van der Waals surface area (Å²) in [4.78, 5) is 10.6. The molecule has 1 aliphatic heterocycles. The molecule has 7 heteroatoms. The molecule has 17 heavy (non-hydrogen) atoms. The summed E-state index contributed by atoms with van der Waals surface area (Å²) in [6.45, 7) is -0.0579. The third kappa shape index (κ3) is 3.70. The van der Waals surface area contributed by atoms with Crippen LogP contribution < -0.4 is 0 Å². The predicted octanol–water partition coefficient (Wildman–Crippen LogP) is -0.485. The van der Waals surface area contributed by atoms with Gasteiger partial charge in [0.25, 0.3) is 0 Å². The van der Waals surface area contributed by atoms with Crippen LogP contribution in [-0.2, 0) is 19.6 Å². The number of aliphatic carboxylic acids is 1. The Bertz CT molecular complexity index is 405. The molecule has 0 saturated carbocycles. The van der Waals surface area contributed by atoms with Crippen molar-refractivity contribution in [1.29, 1.82) is 0 Å². The third-order valence-electron chi connectivity index (χ3n) is 2.53. The van der Waals surface area contributed by atoms with Crippen molar-refractivity contribution in [2.45, 2.75) is 18.1 Å². The maximum Gasteiger partial charge on any atom is 0.318 e. The Morgan fingerprint density at radius 1 is 1.47 bits per heavy atom. The van der Waals surface area contributed by atoms with E-state index in [2.05, 4.69) is 5.92 Å². The molecule has 1 fully saturated rings. The highest BCUT2D eigenvalue weighted by molar-refractivity contribution is 7.89. The molecule has 96 valence electrons. The van der Waals surface area contributed by atoms with Gasteiger partial charge in [-0.1, -0.05) is 5.92 Å². The molecular formula is C10H15NO5S. The van der Waals surface area contributed by atoms with Crippen molar-refractivity contribution in [3.05, 3.63) is 0 Å². The van der Waals surface area contributed by atoms with E-state index in [1.165, 1.54) is 0 Å². The summed E-state index contributed by atoms with van der Waals surface area (Å²) in [7, 11) is -3.65. The Balaban J connectivity index is 2.83.